The Labute approximate surface area is 167 Å². The van der Waals surface area contributed by atoms with Crippen LogP contribution < -0.4 is 10.6 Å². The minimum atomic E-state index is -2.62. The van der Waals surface area contributed by atoms with Gasteiger partial charge in [0.15, 0.2) is 5.96 Å². The van der Waals surface area contributed by atoms with Crippen molar-refractivity contribution in [2.45, 2.75) is 26.1 Å². The first-order valence-electron chi connectivity index (χ1n) is 9.36. The van der Waals surface area contributed by atoms with E-state index in [1.807, 2.05) is 6.92 Å². The fraction of sp³-hybridized carbons (Fsp3) is 0.556. The van der Waals surface area contributed by atoms with Crippen LogP contribution in [0.25, 0.3) is 0 Å². The Hall–Kier alpha value is -2.04. The SMILES string of the molecule is CCNC(=NCc1nccn1C(F)F)NCC(c1cccs1)N1CCOCC1. The standard InChI is InChI=1S/C18H26F2N6OS/c1-2-21-18(24-13-16-22-5-6-26(16)17(19)20)23-12-14(15-4-3-11-28-15)25-7-9-27-10-8-25/h3-6,11,14,17H,2,7-10,12-13H2,1H3,(H2,21,23,24). The third-order valence-corrected chi connectivity index (χ3v) is 5.48. The minimum Gasteiger partial charge on any atom is -0.379 e. The van der Waals surface area contributed by atoms with Gasteiger partial charge in [0, 0.05) is 43.4 Å². The molecule has 1 aliphatic heterocycles. The summed E-state index contributed by atoms with van der Waals surface area (Å²) in [5.41, 5.74) is 0. The Bertz CT molecular complexity index is 730. The number of rotatable bonds is 8. The van der Waals surface area contributed by atoms with Crippen molar-refractivity contribution in [1.29, 1.82) is 0 Å². The van der Waals surface area contributed by atoms with Crippen LogP contribution in [0.5, 0.6) is 0 Å². The van der Waals surface area contributed by atoms with E-state index >= 15 is 0 Å². The normalized spacial score (nSPS) is 17.1. The Morgan fingerprint density at radius 2 is 2.18 bits per heavy atom. The monoisotopic (exact) mass is 412 g/mol. The molecule has 1 unspecified atom stereocenters. The predicted octanol–water partition coefficient (Wildman–Crippen LogP) is 2.47. The van der Waals surface area contributed by atoms with Gasteiger partial charge in [-0.25, -0.2) is 9.98 Å². The van der Waals surface area contributed by atoms with E-state index in [0.29, 0.717) is 19.0 Å². The number of nitrogens with zero attached hydrogens (tertiary/aromatic N) is 4. The van der Waals surface area contributed by atoms with E-state index in [1.165, 1.54) is 17.3 Å². The predicted molar refractivity (Wildman–Crippen MR) is 106 cm³/mol. The number of guanidine groups is 1. The molecule has 1 aliphatic rings. The number of alkyl halides is 2. The van der Waals surface area contributed by atoms with Crippen molar-refractivity contribution in [1.82, 2.24) is 25.1 Å². The molecule has 2 N–H and O–H groups in total. The van der Waals surface area contributed by atoms with Gasteiger partial charge in [-0.15, -0.1) is 11.3 Å². The lowest BCUT2D eigenvalue weighted by atomic mass is 10.2. The molecule has 1 atom stereocenters. The molecule has 2 aromatic rings. The second-order valence-corrected chi connectivity index (χ2v) is 7.26. The van der Waals surface area contributed by atoms with Crippen LogP contribution in [0.3, 0.4) is 0 Å². The summed E-state index contributed by atoms with van der Waals surface area (Å²) in [5, 5.41) is 8.60. The molecular formula is C18H26F2N6OS. The summed E-state index contributed by atoms with van der Waals surface area (Å²) in [6.45, 7) is 3.98. The zero-order valence-electron chi connectivity index (χ0n) is 15.9. The number of nitrogens with one attached hydrogen (secondary N) is 2. The van der Waals surface area contributed by atoms with Gasteiger partial charge in [0.05, 0.1) is 19.3 Å². The summed E-state index contributed by atoms with van der Waals surface area (Å²) in [7, 11) is 0. The van der Waals surface area contributed by atoms with E-state index in [4.69, 9.17) is 4.74 Å². The van der Waals surface area contributed by atoms with Gasteiger partial charge in [0.2, 0.25) is 0 Å². The highest BCUT2D eigenvalue weighted by atomic mass is 32.1. The zero-order chi connectivity index (χ0) is 19.8. The average Bonchev–Trinajstić information content (AvgIpc) is 3.39. The van der Waals surface area contributed by atoms with Crippen LogP contribution >= 0.6 is 11.3 Å². The molecule has 0 spiro atoms. The quantitative estimate of drug-likeness (QED) is 0.515. The molecule has 0 aromatic carbocycles. The number of hydrogen-bond donors (Lipinski definition) is 2. The maximum absolute atomic E-state index is 13.0. The molecular weight excluding hydrogens is 386 g/mol. The number of imidazole rings is 1. The van der Waals surface area contributed by atoms with Crippen LogP contribution in [0.15, 0.2) is 34.9 Å². The molecule has 3 heterocycles. The first-order valence-corrected chi connectivity index (χ1v) is 10.2. The average molecular weight is 413 g/mol. The van der Waals surface area contributed by atoms with Crippen LogP contribution in [0, 0.1) is 0 Å². The molecule has 1 saturated heterocycles. The van der Waals surface area contributed by atoms with Crippen molar-refractivity contribution in [2.24, 2.45) is 4.99 Å². The highest BCUT2D eigenvalue weighted by Gasteiger charge is 2.23. The van der Waals surface area contributed by atoms with Crippen LogP contribution in [0.2, 0.25) is 0 Å². The topological polar surface area (TPSA) is 66.7 Å². The smallest absolute Gasteiger partial charge is 0.319 e. The molecule has 1 fully saturated rings. The highest BCUT2D eigenvalue weighted by molar-refractivity contribution is 7.10. The van der Waals surface area contributed by atoms with Crippen molar-refractivity contribution < 1.29 is 13.5 Å². The van der Waals surface area contributed by atoms with E-state index in [2.05, 4.69) is 43.0 Å². The Morgan fingerprint density at radius 1 is 1.36 bits per heavy atom. The largest absolute Gasteiger partial charge is 0.379 e. The summed E-state index contributed by atoms with van der Waals surface area (Å²) in [6.07, 6.45) is 2.63. The van der Waals surface area contributed by atoms with Crippen molar-refractivity contribution >= 4 is 17.3 Å². The van der Waals surface area contributed by atoms with Crippen LogP contribution in [0.1, 0.15) is 30.2 Å². The lowest BCUT2D eigenvalue weighted by Gasteiger charge is -2.34. The van der Waals surface area contributed by atoms with Crippen LogP contribution in [-0.2, 0) is 11.3 Å². The summed E-state index contributed by atoms with van der Waals surface area (Å²) < 4.78 is 32.3. The van der Waals surface area contributed by atoms with Gasteiger partial charge in [0.25, 0.3) is 0 Å². The Morgan fingerprint density at radius 3 is 2.86 bits per heavy atom. The molecule has 28 heavy (non-hydrogen) atoms. The number of ether oxygens (including phenoxy) is 1. The van der Waals surface area contributed by atoms with Gasteiger partial charge in [-0.1, -0.05) is 6.07 Å². The summed E-state index contributed by atoms with van der Waals surface area (Å²) >= 11 is 1.73. The van der Waals surface area contributed by atoms with Crippen molar-refractivity contribution in [2.75, 3.05) is 39.4 Å². The second-order valence-electron chi connectivity index (χ2n) is 6.28. The zero-order valence-corrected chi connectivity index (χ0v) is 16.7. The van der Waals surface area contributed by atoms with E-state index in [0.717, 1.165) is 30.9 Å². The molecule has 0 radical (unpaired) electrons. The lowest BCUT2D eigenvalue weighted by Crippen LogP contribution is -2.46. The van der Waals surface area contributed by atoms with Gasteiger partial charge in [-0.2, -0.15) is 8.78 Å². The van der Waals surface area contributed by atoms with Gasteiger partial charge in [0.1, 0.15) is 12.4 Å². The maximum Gasteiger partial charge on any atom is 0.319 e. The number of aromatic nitrogens is 2. The number of aliphatic imine (C=N–C) groups is 1. The van der Waals surface area contributed by atoms with Gasteiger partial charge in [-0.3, -0.25) is 9.47 Å². The van der Waals surface area contributed by atoms with Crippen LogP contribution in [-0.4, -0.2) is 59.8 Å². The molecule has 7 nitrogen and oxygen atoms in total. The Kier molecular flexibility index (Phi) is 7.75. The van der Waals surface area contributed by atoms with Crippen molar-refractivity contribution in [3.05, 3.63) is 40.6 Å². The van der Waals surface area contributed by atoms with E-state index < -0.39 is 6.55 Å². The second kappa shape index (κ2) is 10.5. The molecule has 3 rings (SSSR count). The van der Waals surface area contributed by atoms with Crippen LogP contribution in [0.4, 0.5) is 8.78 Å². The fourth-order valence-electron chi connectivity index (χ4n) is 3.11. The lowest BCUT2D eigenvalue weighted by molar-refractivity contribution is 0.0177. The molecule has 0 amide bonds. The third-order valence-electron chi connectivity index (χ3n) is 4.50. The first kappa shape index (κ1) is 20.7. The fourth-order valence-corrected chi connectivity index (χ4v) is 3.97. The maximum atomic E-state index is 13.0. The molecule has 0 aliphatic carbocycles. The minimum absolute atomic E-state index is 0.0773. The molecule has 2 aromatic heterocycles. The number of thiophene rings is 1. The van der Waals surface area contributed by atoms with E-state index in [9.17, 15) is 8.78 Å². The third kappa shape index (κ3) is 5.49. The molecule has 154 valence electrons. The number of hydrogen-bond acceptors (Lipinski definition) is 5. The summed E-state index contributed by atoms with van der Waals surface area (Å²) in [5.74, 6) is 0.816. The van der Waals surface area contributed by atoms with Gasteiger partial charge >= 0.3 is 6.55 Å². The van der Waals surface area contributed by atoms with E-state index in [-0.39, 0.29) is 18.4 Å². The molecule has 0 bridgehead atoms. The summed E-state index contributed by atoms with van der Waals surface area (Å²) in [6, 6.07) is 4.39. The molecule has 0 saturated carbocycles. The summed E-state index contributed by atoms with van der Waals surface area (Å²) in [4.78, 5) is 12.1. The molecule has 10 heteroatoms. The number of morpholine rings is 1. The highest BCUT2D eigenvalue weighted by Crippen LogP contribution is 2.25. The Balaban J connectivity index is 1.67. The van der Waals surface area contributed by atoms with Gasteiger partial charge in [-0.05, 0) is 18.4 Å². The first-order chi connectivity index (χ1) is 13.7. The van der Waals surface area contributed by atoms with E-state index in [1.54, 1.807) is 11.3 Å². The van der Waals surface area contributed by atoms with Gasteiger partial charge < -0.3 is 15.4 Å². The number of halogens is 2. The van der Waals surface area contributed by atoms with Crippen molar-refractivity contribution in [3.63, 3.8) is 0 Å². The van der Waals surface area contributed by atoms with Crippen molar-refractivity contribution in [3.8, 4) is 0 Å².